The number of rotatable bonds is 6. The molecule has 0 N–H and O–H groups in total. The number of ether oxygens (including phenoxy) is 2. The van der Waals surface area contributed by atoms with Crippen molar-refractivity contribution in [2.45, 2.75) is 32.1 Å². The number of hydrogen-bond acceptors (Lipinski definition) is 4. The van der Waals surface area contributed by atoms with E-state index in [4.69, 9.17) is 9.47 Å². The van der Waals surface area contributed by atoms with Crippen LogP contribution in [0.1, 0.15) is 32.1 Å². The standard InChI is InChI=1S/C20H28N2O4/c1-25-17-7-9-18(10-8-17)26-15-16-5-4-12-21(13-16)20(24)14-22-11-3-2-6-19(22)23/h7-10,16H,2-6,11-15H2,1H3/t16-/m0/s1. The predicted octanol–water partition coefficient (Wildman–Crippen LogP) is 2.33. The number of likely N-dealkylation sites (tertiary alicyclic amines) is 2. The van der Waals surface area contributed by atoms with Crippen LogP contribution in [0.25, 0.3) is 0 Å². The van der Waals surface area contributed by atoms with Crippen molar-refractivity contribution in [3.8, 4) is 11.5 Å². The number of methoxy groups -OCH3 is 1. The van der Waals surface area contributed by atoms with Crippen molar-refractivity contribution in [1.82, 2.24) is 9.80 Å². The monoisotopic (exact) mass is 360 g/mol. The van der Waals surface area contributed by atoms with Crippen molar-refractivity contribution in [3.63, 3.8) is 0 Å². The fraction of sp³-hybridized carbons (Fsp3) is 0.600. The largest absolute Gasteiger partial charge is 0.497 e. The first kappa shape index (κ1) is 18.5. The Hall–Kier alpha value is -2.24. The minimum atomic E-state index is 0.0643. The van der Waals surface area contributed by atoms with E-state index in [1.165, 1.54) is 0 Å². The summed E-state index contributed by atoms with van der Waals surface area (Å²) in [7, 11) is 1.64. The smallest absolute Gasteiger partial charge is 0.242 e. The second kappa shape index (κ2) is 8.92. The van der Waals surface area contributed by atoms with Crippen LogP contribution in [0, 0.1) is 5.92 Å². The van der Waals surface area contributed by atoms with E-state index < -0.39 is 0 Å². The molecule has 0 bridgehead atoms. The molecule has 2 fully saturated rings. The molecule has 6 nitrogen and oxygen atoms in total. The Bertz CT molecular complexity index is 617. The van der Waals surface area contributed by atoms with Gasteiger partial charge in [-0.2, -0.15) is 0 Å². The minimum Gasteiger partial charge on any atom is -0.497 e. The molecule has 3 rings (SSSR count). The Morgan fingerprint density at radius 2 is 1.88 bits per heavy atom. The van der Waals surface area contributed by atoms with Gasteiger partial charge >= 0.3 is 0 Å². The molecule has 2 aliphatic heterocycles. The number of piperidine rings is 2. The summed E-state index contributed by atoms with van der Waals surface area (Å²) in [6.45, 7) is 3.02. The van der Waals surface area contributed by atoms with E-state index in [9.17, 15) is 9.59 Å². The zero-order valence-electron chi connectivity index (χ0n) is 15.5. The molecule has 0 aromatic heterocycles. The van der Waals surface area contributed by atoms with Crippen LogP contribution >= 0.6 is 0 Å². The molecule has 0 radical (unpaired) electrons. The minimum absolute atomic E-state index is 0.0643. The molecule has 1 atom stereocenters. The molecule has 6 heteroatoms. The third kappa shape index (κ3) is 4.90. The Balaban J connectivity index is 1.46. The van der Waals surface area contributed by atoms with Gasteiger partial charge in [-0.25, -0.2) is 0 Å². The number of nitrogens with zero attached hydrogens (tertiary/aromatic N) is 2. The highest BCUT2D eigenvalue weighted by Crippen LogP contribution is 2.21. The molecule has 1 aromatic rings. The molecule has 142 valence electrons. The Morgan fingerprint density at radius 1 is 1.12 bits per heavy atom. The van der Waals surface area contributed by atoms with Crippen molar-refractivity contribution in [3.05, 3.63) is 24.3 Å². The Kier molecular flexibility index (Phi) is 6.36. The quantitative estimate of drug-likeness (QED) is 0.781. The Labute approximate surface area is 155 Å². The summed E-state index contributed by atoms with van der Waals surface area (Å²) in [5, 5.41) is 0. The lowest BCUT2D eigenvalue weighted by Gasteiger charge is -2.35. The number of hydrogen-bond donors (Lipinski definition) is 0. The zero-order chi connectivity index (χ0) is 18.4. The summed E-state index contributed by atoms with van der Waals surface area (Å²) < 4.78 is 11.0. The summed E-state index contributed by atoms with van der Waals surface area (Å²) in [4.78, 5) is 28.1. The summed E-state index contributed by atoms with van der Waals surface area (Å²) in [6, 6.07) is 7.54. The number of carbonyl (C=O) groups is 2. The van der Waals surface area contributed by atoms with Gasteiger partial charge < -0.3 is 19.3 Å². The lowest BCUT2D eigenvalue weighted by molar-refractivity contribution is -0.143. The molecule has 2 aliphatic rings. The second-order valence-corrected chi connectivity index (χ2v) is 7.11. The van der Waals surface area contributed by atoms with Crippen LogP contribution in [-0.4, -0.2) is 61.5 Å². The van der Waals surface area contributed by atoms with E-state index in [2.05, 4.69) is 0 Å². The summed E-state index contributed by atoms with van der Waals surface area (Å²) >= 11 is 0. The lowest BCUT2D eigenvalue weighted by Crippen LogP contribution is -2.48. The van der Waals surface area contributed by atoms with Crippen LogP contribution in [-0.2, 0) is 9.59 Å². The summed E-state index contributed by atoms with van der Waals surface area (Å²) in [5.74, 6) is 2.12. The number of carbonyl (C=O) groups excluding carboxylic acids is 2. The summed E-state index contributed by atoms with van der Waals surface area (Å²) in [5.41, 5.74) is 0. The first-order chi connectivity index (χ1) is 12.7. The fourth-order valence-electron chi connectivity index (χ4n) is 3.61. The van der Waals surface area contributed by atoms with Crippen molar-refractivity contribution in [2.24, 2.45) is 5.92 Å². The van der Waals surface area contributed by atoms with Gasteiger partial charge in [-0.15, -0.1) is 0 Å². The normalized spacial score (nSPS) is 20.8. The predicted molar refractivity (Wildman–Crippen MR) is 98.2 cm³/mol. The highest BCUT2D eigenvalue weighted by molar-refractivity contribution is 5.85. The van der Waals surface area contributed by atoms with Gasteiger partial charge in [0.25, 0.3) is 0 Å². The molecule has 2 heterocycles. The molecule has 2 saturated heterocycles. The van der Waals surface area contributed by atoms with Crippen LogP contribution in [0.15, 0.2) is 24.3 Å². The third-order valence-corrected chi connectivity index (χ3v) is 5.16. The van der Waals surface area contributed by atoms with Gasteiger partial charge in [-0.1, -0.05) is 0 Å². The third-order valence-electron chi connectivity index (χ3n) is 5.16. The number of amides is 2. The first-order valence-corrected chi connectivity index (χ1v) is 9.48. The molecule has 2 amide bonds. The van der Waals surface area contributed by atoms with Gasteiger partial charge in [0.05, 0.1) is 20.3 Å². The average Bonchev–Trinajstić information content (AvgIpc) is 2.69. The van der Waals surface area contributed by atoms with E-state index in [-0.39, 0.29) is 18.4 Å². The van der Waals surface area contributed by atoms with Gasteiger partial charge in [0.15, 0.2) is 0 Å². The van der Waals surface area contributed by atoms with Crippen molar-refractivity contribution in [2.75, 3.05) is 39.9 Å². The van der Waals surface area contributed by atoms with Crippen LogP contribution < -0.4 is 9.47 Å². The van der Waals surface area contributed by atoms with Crippen molar-refractivity contribution < 1.29 is 19.1 Å². The van der Waals surface area contributed by atoms with Gasteiger partial charge in [0.1, 0.15) is 11.5 Å². The second-order valence-electron chi connectivity index (χ2n) is 7.11. The van der Waals surface area contributed by atoms with Crippen LogP contribution in [0.5, 0.6) is 11.5 Å². The maximum absolute atomic E-state index is 12.6. The highest BCUT2D eigenvalue weighted by atomic mass is 16.5. The Morgan fingerprint density at radius 3 is 2.62 bits per heavy atom. The van der Waals surface area contributed by atoms with Crippen molar-refractivity contribution >= 4 is 11.8 Å². The fourth-order valence-corrected chi connectivity index (χ4v) is 3.61. The topological polar surface area (TPSA) is 59.1 Å². The SMILES string of the molecule is COc1ccc(OC[C@H]2CCCN(C(=O)CN3CCCCC3=O)C2)cc1. The average molecular weight is 360 g/mol. The molecule has 0 aliphatic carbocycles. The highest BCUT2D eigenvalue weighted by Gasteiger charge is 2.27. The molecular weight excluding hydrogens is 332 g/mol. The number of benzene rings is 1. The van der Waals surface area contributed by atoms with E-state index in [0.717, 1.165) is 43.7 Å². The zero-order valence-corrected chi connectivity index (χ0v) is 15.5. The van der Waals surface area contributed by atoms with Gasteiger partial charge in [-0.3, -0.25) is 9.59 Å². The van der Waals surface area contributed by atoms with Gasteiger partial charge in [0.2, 0.25) is 11.8 Å². The van der Waals surface area contributed by atoms with Crippen LogP contribution in [0.2, 0.25) is 0 Å². The molecule has 0 spiro atoms. The van der Waals surface area contributed by atoms with E-state index in [1.807, 2.05) is 29.2 Å². The van der Waals surface area contributed by atoms with Gasteiger partial charge in [-0.05, 0) is 49.9 Å². The van der Waals surface area contributed by atoms with E-state index >= 15 is 0 Å². The summed E-state index contributed by atoms with van der Waals surface area (Å²) in [6.07, 6.45) is 4.56. The lowest BCUT2D eigenvalue weighted by atomic mass is 9.99. The van der Waals surface area contributed by atoms with Crippen LogP contribution in [0.4, 0.5) is 0 Å². The molecule has 1 aromatic carbocycles. The first-order valence-electron chi connectivity index (χ1n) is 9.48. The van der Waals surface area contributed by atoms with Crippen molar-refractivity contribution in [1.29, 1.82) is 0 Å². The van der Waals surface area contributed by atoms with Crippen LogP contribution in [0.3, 0.4) is 0 Å². The van der Waals surface area contributed by atoms with E-state index in [1.54, 1.807) is 12.0 Å². The van der Waals surface area contributed by atoms with E-state index in [0.29, 0.717) is 32.0 Å². The molecular formula is C20H28N2O4. The molecule has 0 unspecified atom stereocenters. The molecule has 26 heavy (non-hydrogen) atoms. The van der Waals surface area contributed by atoms with Gasteiger partial charge in [0, 0.05) is 32.0 Å². The maximum Gasteiger partial charge on any atom is 0.242 e. The molecule has 0 saturated carbocycles. The maximum atomic E-state index is 12.6.